The van der Waals surface area contributed by atoms with Crippen LogP contribution in [0.2, 0.25) is 0 Å². The third-order valence-electron chi connectivity index (χ3n) is 3.87. The first-order valence-electron chi connectivity index (χ1n) is 7.18. The summed E-state index contributed by atoms with van der Waals surface area (Å²) in [7, 11) is 0. The van der Waals surface area contributed by atoms with Crippen LogP contribution in [-0.2, 0) is 6.42 Å². The molecule has 5 nitrogen and oxygen atoms in total. The Morgan fingerprint density at radius 2 is 2.10 bits per heavy atom. The zero-order valence-corrected chi connectivity index (χ0v) is 12.0. The minimum absolute atomic E-state index is 0. The van der Waals surface area contributed by atoms with E-state index in [0.717, 1.165) is 36.6 Å². The Kier molecular flexibility index (Phi) is 5.23. The van der Waals surface area contributed by atoms with Crippen LogP contribution in [-0.4, -0.2) is 43.8 Å². The third kappa shape index (κ3) is 3.42. The number of likely N-dealkylation sites (tertiary alicyclic amines) is 1. The molecule has 20 heavy (non-hydrogen) atoms. The fourth-order valence-electron chi connectivity index (χ4n) is 2.83. The van der Waals surface area contributed by atoms with Crippen molar-refractivity contribution < 1.29 is 9.47 Å². The average Bonchev–Trinajstić information content (AvgIpc) is 2.92. The molecule has 1 atom stereocenters. The summed E-state index contributed by atoms with van der Waals surface area (Å²) < 4.78 is 11.6. The van der Waals surface area contributed by atoms with E-state index in [4.69, 9.17) is 15.2 Å². The van der Waals surface area contributed by atoms with Gasteiger partial charge in [-0.05, 0) is 44.5 Å². The lowest BCUT2D eigenvalue weighted by Crippen LogP contribution is -2.34. The largest absolute Gasteiger partial charge is 0.492 e. The van der Waals surface area contributed by atoms with Gasteiger partial charge in [-0.1, -0.05) is 6.07 Å². The first-order valence-corrected chi connectivity index (χ1v) is 7.18. The maximum Gasteiger partial charge on any atom is 0.126 e. The quantitative estimate of drug-likeness (QED) is 0.874. The Morgan fingerprint density at radius 1 is 1.30 bits per heavy atom. The van der Waals surface area contributed by atoms with Gasteiger partial charge in [0.1, 0.15) is 24.7 Å². The summed E-state index contributed by atoms with van der Waals surface area (Å²) in [5.74, 6) is 1.87. The first kappa shape index (κ1) is 15.1. The van der Waals surface area contributed by atoms with E-state index >= 15 is 0 Å². The van der Waals surface area contributed by atoms with Gasteiger partial charge in [0, 0.05) is 18.2 Å². The summed E-state index contributed by atoms with van der Waals surface area (Å²) in [6, 6.07) is 6.08. The van der Waals surface area contributed by atoms with Crippen molar-refractivity contribution >= 4 is 0 Å². The molecule has 3 rings (SSSR count). The number of ether oxygens (including phenoxy) is 2. The molecule has 0 bridgehead atoms. The van der Waals surface area contributed by atoms with Gasteiger partial charge >= 0.3 is 0 Å². The lowest BCUT2D eigenvalue weighted by atomic mass is 10.0. The predicted molar refractivity (Wildman–Crippen MR) is 79.8 cm³/mol. The number of nitrogens with two attached hydrogens (primary N) is 1. The Labute approximate surface area is 120 Å². The van der Waals surface area contributed by atoms with E-state index in [2.05, 4.69) is 4.90 Å². The lowest BCUT2D eigenvalue weighted by Gasteiger charge is -2.24. The summed E-state index contributed by atoms with van der Waals surface area (Å²) in [5, 5.41) is 0. The number of hydrogen-bond donors (Lipinski definition) is 2. The minimum atomic E-state index is 0. The highest BCUT2D eigenvalue weighted by atomic mass is 16.5. The van der Waals surface area contributed by atoms with E-state index in [1.165, 1.54) is 25.9 Å². The lowest BCUT2D eigenvalue weighted by molar-refractivity contribution is 0.226. The van der Waals surface area contributed by atoms with Crippen molar-refractivity contribution in [3.63, 3.8) is 0 Å². The number of nitrogens with zero attached hydrogens (tertiary/aromatic N) is 1. The van der Waals surface area contributed by atoms with Gasteiger partial charge in [0.25, 0.3) is 0 Å². The SMILES string of the molecule is N.N[C@@H]1COc2cccc(OCCN3CCCC3)c2C1. The highest BCUT2D eigenvalue weighted by Crippen LogP contribution is 2.32. The van der Waals surface area contributed by atoms with Crippen molar-refractivity contribution in [1.29, 1.82) is 0 Å². The molecule has 1 fully saturated rings. The fourth-order valence-corrected chi connectivity index (χ4v) is 2.83. The van der Waals surface area contributed by atoms with E-state index in [1.807, 2.05) is 18.2 Å². The molecule has 2 heterocycles. The molecule has 0 saturated carbocycles. The fraction of sp³-hybridized carbons (Fsp3) is 0.600. The topological polar surface area (TPSA) is 82.7 Å². The van der Waals surface area contributed by atoms with Crippen molar-refractivity contribution in [3.05, 3.63) is 23.8 Å². The van der Waals surface area contributed by atoms with Crippen molar-refractivity contribution in [2.75, 3.05) is 32.8 Å². The van der Waals surface area contributed by atoms with Gasteiger partial charge in [0.2, 0.25) is 0 Å². The summed E-state index contributed by atoms with van der Waals surface area (Å²) >= 11 is 0. The summed E-state index contributed by atoms with van der Waals surface area (Å²) in [5.41, 5.74) is 7.09. The van der Waals surface area contributed by atoms with E-state index in [0.29, 0.717) is 6.61 Å². The monoisotopic (exact) mass is 279 g/mol. The highest BCUT2D eigenvalue weighted by Gasteiger charge is 2.20. The second kappa shape index (κ2) is 6.92. The van der Waals surface area contributed by atoms with Crippen LogP contribution in [0.15, 0.2) is 18.2 Å². The van der Waals surface area contributed by atoms with Gasteiger partial charge in [-0.15, -0.1) is 0 Å². The zero-order chi connectivity index (χ0) is 13.1. The normalized spacial score (nSPS) is 21.8. The van der Waals surface area contributed by atoms with Gasteiger partial charge in [-0.3, -0.25) is 4.90 Å². The van der Waals surface area contributed by atoms with Gasteiger partial charge in [0.05, 0.1) is 0 Å². The van der Waals surface area contributed by atoms with Crippen LogP contribution in [0, 0.1) is 0 Å². The van der Waals surface area contributed by atoms with Crippen LogP contribution in [0.1, 0.15) is 18.4 Å². The van der Waals surface area contributed by atoms with Crippen LogP contribution >= 0.6 is 0 Å². The summed E-state index contributed by atoms with van der Waals surface area (Å²) in [6.45, 7) is 4.78. The molecule has 5 heteroatoms. The number of hydrogen-bond acceptors (Lipinski definition) is 5. The summed E-state index contributed by atoms with van der Waals surface area (Å²) in [6.07, 6.45) is 3.49. The molecule has 0 amide bonds. The van der Waals surface area contributed by atoms with Crippen molar-refractivity contribution in [1.82, 2.24) is 11.1 Å². The molecule has 0 aromatic heterocycles. The molecule has 0 radical (unpaired) electrons. The van der Waals surface area contributed by atoms with Gasteiger partial charge in [-0.25, -0.2) is 0 Å². The van der Waals surface area contributed by atoms with Crippen molar-refractivity contribution in [2.45, 2.75) is 25.3 Å². The third-order valence-corrected chi connectivity index (χ3v) is 3.87. The van der Waals surface area contributed by atoms with Gasteiger partial charge in [0.15, 0.2) is 0 Å². The smallest absolute Gasteiger partial charge is 0.126 e. The first-order chi connectivity index (χ1) is 9.33. The molecule has 1 saturated heterocycles. The molecule has 2 aliphatic rings. The van der Waals surface area contributed by atoms with Crippen LogP contribution in [0.3, 0.4) is 0 Å². The van der Waals surface area contributed by atoms with Crippen molar-refractivity contribution in [3.8, 4) is 11.5 Å². The van der Waals surface area contributed by atoms with E-state index in [9.17, 15) is 0 Å². The zero-order valence-electron chi connectivity index (χ0n) is 12.0. The van der Waals surface area contributed by atoms with E-state index in [-0.39, 0.29) is 12.2 Å². The van der Waals surface area contributed by atoms with Crippen LogP contribution in [0.5, 0.6) is 11.5 Å². The predicted octanol–water partition coefficient (Wildman–Crippen LogP) is 1.59. The van der Waals surface area contributed by atoms with E-state index in [1.54, 1.807) is 0 Å². The van der Waals surface area contributed by atoms with Gasteiger partial charge in [-0.2, -0.15) is 0 Å². The number of benzene rings is 1. The van der Waals surface area contributed by atoms with Crippen LogP contribution < -0.4 is 21.4 Å². The highest BCUT2D eigenvalue weighted by molar-refractivity contribution is 5.46. The maximum absolute atomic E-state index is 5.96. The molecular formula is C15H25N3O2. The molecular weight excluding hydrogens is 254 g/mol. The van der Waals surface area contributed by atoms with Crippen LogP contribution in [0.4, 0.5) is 0 Å². The molecule has 1 aromatic rings. The Morgan fingerprint density at radius 3 is 2.90 bits per heavy atom. The van der Waals surface area contributed by atoms with Crippen molar-refractivity contribution in [2.24, 2.45) is 5.73 Å². The molecule has 0 aliphatic carbocycles. The average molecular weight is 279 g/mol. The molecule has 5 N–H and O–H groups in total. The van der Waals surface area contributed by atoms with Crippen LogP contribution in [0.25, 0.3) is 0 Å². The molecule has 2 aliphatic heterocycles. The van der Waals surface area contributed by atoms with E-state index < -0.39 is 0 Å². The number of fused-ring (bicyclic) bond motifs is 1. The number of rotatable bonds is 4. The molecule has 0 unspecified atom stereocenters. The molecule has 0 spiro atoms. The minimum Gasteiger partial charge on any atom is -0.492 e. The Hall–Kier alpha value is -1.30. The second-order valence-electron chi connectivity index (χ2n) is 5.41. The summed E-state index contributed by atoms with van der Waals surface area (Å²) in [4.78, 5) is 2.46. The Bertz CT molecular complexity index is 433. The second-order valence-corrected chi connectivity index (χ2v) is 5.41. The Balaban J connectivity index is 0.00000147. The van der Waals surface area contributed by atoms with Gasteiger partial charge < -0.3 is 21.4 Å². The molecule has 112 valence electrons. The maximum atomic E-state index is 5.96. The molecule has 1 aromatic carbocycles. The standard InChI is InChI=1S/C15H22N2O2.H3N/c16-12-10-13-14(4-3-5-15(13)19-11-12)18-9-8-17-6-1-2-7-17;/h3-5,12H,1-2,6-11,16H2;1H3/t12-;/m0./s1.